The highest BCUT2D eigenvalue weighted by atomic mass is 35.5. The SMILES string of the molecule is COc1ccc(OCCCC(=O)NCCSCc2ccccc2Cl)cc1. The minimum Gasteiger partial charge on any atom is -0.497 e. The lowest BCUT2D eigenvalue weighted by Gasteiger charge is -2.08. The maximum atomic E-state index is 11.8. The van der Waals surface area contributed by atoms with E-state index in [0.717, 1.165) is 33.6 Å². The fourth-order valence-electron chi connectivity index (χ4n) is 2.24. The van der Waals surface area contributed by atoms with Crippen molar-refractivity contribution in [1.82, 2.24) is 5.32 Å². The van der Waals surface area contributed by atoms with Crippen molar-refractivity contribution >= 4 is 29.3 Å². The molecule has 1 amide bonds. The van der Waals surface area contributed by atoms with Crippen molar-refractivity contribution in [3.8, 4) is 11.5 Å². The summed E-state index contributed by atoms with van der Waals surface area (Å²) in [5.74, 6) is 3.35. The molecule has 2 rings (SSSR count). The van der Waals surface area contributed by atoms with Crippen LogP contribution in [0.2, 0.25) is 5.02 Å². The lowest BCUT2D eigenvalue weighted by Crippen LogP contribution is -2.25. The third-order valence-corrected chi connectivity index (χ3v) is 5.04. The minimum atomic E-state index is 0.0571. The van der Waals surface area contributed by atoms with Crippen molar-refractivity contribution in [1.29, 1.82) is 0 Å². The molecule has 0 heterocycles. The molecule has 0 bridgehead atoms. The summed E-state index contributed by atoms with van der Waals surface area (Å²) in [7, 11) is 1.63. The van der Waals surface area contributed by atoms with E-state index < -0.39 is 0 Å². The number of carbonyl (C=O) groups is 1. The molecule has 0 aromatic heterocycles. The van der Waals surface area contributed by atoms with E-state index in [0.29, 0.717) is 26.0 Å². The number of benzene rings is 2. The van der Waals surface area contributed by atoms with Crippen LogP contribution in [-0.2, 0) is 10.5 Å². The Labute approximate surface area is 164 Å². The summed E-state index contributed by atoms with van der Waals surface area (Å²) in [4.78, 5) is 11.8. The van der Waals surface area contributed by atoms with Crippen molar-refractivity contribution < 1.29 is 14.3 Å². The van der Waals surface area contributed by atoms with Gasteiger partial charge in [0.15, 0.2) is 0 Å². The number of nitrogens with one attached hydrogen (secondary N) is 1. The van der Waals surface area contributed by atoms with Crippen molar-refractivity contribution in [2.75, 3.05) is 26.0 Å². The van der Waals surface area contributed by atoms with Gasteiger partial charge in [-0.25, -0.2) is 0 Å². The Bertz CT molecular complexity index is 679. The highest BCUT2D eigenvalue weighted by Crippen LogP contribution is 2.20. The molecule has 0 aliphatic rings. The first-order chi connectivity index (χ1) is 12.7. The predicted molar refractivity (Wildman–Crippen MR) is 108 cm³/mol. The zero-order valence-corrected chi connectivity index (χ0v) is 16.4. The van der Waals surface area contributed by atoms with E-state index in [-0.39, 0.29) is 5.91 Å². The Kier molecular flexibility index (Phi) is 9.21. The summed E-state index contributed by atoms with van der Waals surface area (Å²) in [5.41, 5.74) is 1.13. The first-order valence-electron chi connectivity index (χ1n) is 8.54. The lowest BCUT2D eigenvalue weighted by atomic mass is 10.2. The standard InChI is InChI=1S/C20H24ClNO3S/c1-24-17-8-10-18(11-9-17)25-13-4-7-20(23)22-12-14-26-15-16-5-2-3-6-19(16)21/h2-3,5-6,8-11H,4,7,12-15H2,1H3,(H,22,23). The summed E-state index contributed by atoms with van der Waals surface area (Å²) in [6, 6.07) is 15.2. The van der Waals surface area contributed by atoms with Crippen LogP contribution < -0.4 is 14.8 Å². The molecule has 4 nitrogen and oxygen atoms in total. The second-order valence-electron chi connectivity index (χ2n) is 5.62. The number of carbonyl (C=O) groups excluding carboxylic acids is 1. The van der Waals surface area contributed by atoms with Gasteiger partial charge in [0, 0.05) is 29.5 Å². The molecule has 0 aliphatic heterocycles. The van der Waals surface area contributed by atoms with Crippen LogP contribution in [0.3, 0.4) is 0 Å². The van der Waals surface area contributed by atoms with E-state index in [1.54, 1.807) is 18.9 Å². The molecule has 140 valence electrons. The normalized spacial score (nSPS) is 10.4. The van der Waals surface area contributed by atoms with Gasteiger partial charge in [0.25, 0.3) is 0 Å². The smallest absolute Gasteiger partial charge is 0.220 e. The first-order valence-corrected chi connectivity index (χ1v) is 10.1. The second kappa shape index (κ2) is 11.7. The Hall–Kier alpha value is -1.85. The molecular formula is C20H24ClNO3S. The molecule has 6 heteroatoms. The van der Waals surface area contributed by atoms with Crippen molar-refractivity contribution in [3.05, 3.63) is 59.1 Å². The third kappa shape index (κ3) is 7.58. The van der Waals surface area contributed by atoms with E-state index >= 15 is 0 Å². The van der Waals surface area contributed by atoms with E-state index in [1.165, 1.54) is 0 Å². The molecule has 0 aliphatic carbocycles. The number of methoxy groups -OCH3 is 1. The van der Waals surface area contributed by atoms with Crippen LogP contribution in [0.4, 0.5) is 0 Å². The molecule has 0 saturated carbocycles. The van der Waals surface area contributed by atoms with E-state index in [2.05, 4.69) is 5.32 Å². The number of halogens is 1. The Morgan fingerprint density at radius 2 is 1.85 bits per heavy atom. The number of ether oxygens (including phenoxy) is 2. The third-order valence-electron chi connectivity index (χ3n) is 3.66. The molecule has 0 radical (unpaired) electrons. The van der Waals surface area contributed by atoms with Gasteiger partial charge in [0.1, 0.15) is 11.5 Å². The quantitative estimate of drug-likeness (QED) is 0.568. The fraction of sp³-hybridized carbons (Fsp3) is 0.350. The average molecular weight is 394 g/mol. The van der Waals surface area contributed by atoms with Gasteiger partial charge >= 0.3 is 0 Å². The Morgan fingerprint density at radius 1 is 1.12 bits per heavy atom. The number of hydrogen-bond donors (Lipinski definition) is 1. The van der Waals surface area contributed by atoms with Crippen LogP contribution in [0, 0.1) is 0 Å². The molecule has 2 aromatic carbocycles. The predicted octanol–water partition coefficient (Wildman–Crippen LogP) is 4.56. The summed E-state index contributed by atoms with van der Waals surface area (Å²) >= 11 is 7.87. The van der Waals surface area contributed by atoms with Crippen LogP contribution in [0.1, 0.15) is 18.4 Å². The van der Waals surface area contributed by atoms with Crippen LogP contribution in [0.25, 0.3) is 0 Å². The maximum absolute atomic E-state index is 11.8. The van der Waals surface area contributed by atoms with E-state index in [1.807, 2.05) is 48.5 Å². The molecule has 1 N–H and O–H groups in total. The first kappa shape index (κ1) is 20.5. The molecule has 0 fully saturated rings. The lowest BCUT2D eigenvalue weighted by molar-refractivity contribution is -0.121. The molecule has 0 spiro atoms. The van der Waals surface area contributed by atoms with E-state index in [4.69, 9.17) is 21.1 Å². The summed E-state index contributed by atoms with van der Waals surface area (Å²) in [6.07, 6.45) is 1.15. The summed E-state index contributed by atoms with van der Waals surface area (Å²) in [6.45, 7) is 1.17. The fourth-order valence-corrected chi connectivity index (χ4v) is 3.39. The summed E-state index contributed by atoms with van der Waals surface area (Å²) < 4.78 is 10.7. The number of amides is 1. The number of rotatable bonds is 11. The van der Waals surface area contributed by atoms with Gasteiger partial charge in [-0.3, -0.25) is 4.79 Å². The molecule has 26 heavy (non-hydrogen) atoms. The van der Waals surface area contributed by atoms with Gasteiger partial charge in [-0.05, 0) is 42.3 Å². The molecule has 0 saturated heterocycles. The van der Waals surface area contributed by atoms with Gasteiger partial charge in [0.05, 0.1) is 13.7 Å². The van der Waals surface area contributed by atoms with Gasteiger partial charge < -0.3 is 14.8 Å². The zero-order valence-electron chi connectivity index (χ0n) is 14.9. The summed E-state index contributed by atoms with van der Waals surface area (Å²) in [5, 5.41) is 3.72. The zero-order chi connectivity index (χ0) is 18.6. The van der Waals surface area contributed by atoms with Crippen LogP contribution in [-0.4, -0.2) is 31.9 Å². The van der Waals surface area contributed by atoms with Gasteiger partial charge in [0.2, 0.25) is 5.91 Å². The number of hydrogen-bond acceptors (Lipinski definition) is 4. The van der Waals surface area contributed by atoms with Gasteiger partial charge in [-0.15, -0.1) is 0 Å². The average Bonchev–Trinajstić information content (AvgIpc) is 2.67. The van der Waals surface area contributed by atoms with Crippen molar-refractivity contribution in [3.63, 3.8) is 0 Å². The maximum Gasteiger partial charge on any atom is 0.220 e. The minimum absolute atomic E-state index is 0.0571. The molecule has 0 unspecified atom stereocenters. The second-order valence-corrected chi connectivity index (χ2v) is 7.13. The largest absolute Gasteiger partial charge is 0.497 e. The van der Waals surface area contributed by atoms with Crippen molar-refractivity contribution in [2.24, 2.45) is 0 Å². The molecular weight excluding hydrogens is 370 g/mol. The van der Waals surface area contributed by atoms with Gasteiger partial charge in [-0.2, -0.15) is 11.8 Å². The van der Waals surface area contributed by atoms with E-state index in [9.17, 15) is 4.79 Å². The Morgan fingerprint density at radius 3 is 2.58 bits per heavy atom. The van der Waals surface area contributed by atoms with Crippen LogP contribution >= 0.6 is 23.4 Å². The van der Waals surface area contributed by atoms with Crippen LogP contribution in [0.15, 0.2) is 48.5 Å². The molecule has 2 aromatic rings. The van der Waals surface area contributed by atoms with Crippen LogP contribution in [0.5, 0.6) is 11.5 Å². The van der Waals surface area contributed by atoms with Crippen molar-refractivity contribution in [2.45, 2.75) is 18.6 Å². The van der Waals surface area contributed by atoms with Gasteiger partial charge in [-0.1, -0.05) is 29.8 Å². The highest BCUT2D eigenvalue weighted by molar-refractivity contribution is 7.98. The topological polar surface area (TPSA) is 47.6 Å². The number of thioether (sulfide) groups is 1. The molecule has 0 atom stereocenters. The monoisotopic (exact) mass is 393 g/mol. The Balaban J connectivity index is 1.50. The highest BCUT2D eigenvalue weighted by Gasteiger charge is 2.03.